The summed E-state index contributed by atoms with van der Waals surface area (Å²) in [5.41, 5.74) is 1.57. The van der Waals surface area contributed by atoms with Gasteiger partial charge in [0.2, 0.25) is 5.91 Å². The zero-order valence-electron chi connectivity index (χ0n) is 12.1. The minimum atomic E-state index is -0.191. The molecule has 1 amide bonds. The summed E-state index contributed by atoms with van der Waals surface area (Å²) in [5, 5.41) is 6.07. The molecule has 20 heavy (non-hydrogen) atoms. The van der Waals surface area contributed by atoms with Crippen LogP contribution in [0.3, 0.4) is 0 Å². The van der Waals surface area contributed by atoms with Gasteiger partial charge in [0.1, 0.15) is 5.82 Å². The number of halogens is 1. The number of carbonyl (C=O) groups excluding carboxylic acids is 1. The van der Waals surface area contributed by atoms with E-state index in [2.05, 4.69) is 10.6 Å². The number of nitrogens with one attached hydrogen (secondary N) is 2. The van der Waals surface area contributed by atoms with E-state index < -0.39 is 0 Å². The minimum Gasteiger partial charge on any atom is -0.367 e. The number of benzene rings is 1. The summed E-state index contributed by atoms with van der Waals surface area (Å²) in [6.07, 6.45) is 0.859. The number of hydrogen-bond donors (Lipinski definition) is 2. The van der Waals surface area contributed by atoms with Crippen LogP contribution in [0.2, 0.25) is 0 Å². The average Bonchev–Trinajstić information content (AvgIpc) is 2.83. The third-order valence-corrected chi connectivity index (χ3v) is 3.53. The van der Waals surface area contributed by atoms with Gasteiger partial charge in [0, 0.05) is 32.6 Å². The lowest BCUT2D eigenvalue weighted by Crippen LogP contribution is -2.35. The number of carbonyl (C=O) groups is 1. The maximum Gasteiger partial charge on any atom is 0.217 e. The van der Waals surface area contributed by atoms with E-state index in [-0.39, 0.29) is 17.8 Å². The number of nitrogens with zero attached hydrogens (tertiary/aromatic N) is 1. The van der Waals surface area contributed by atoms with Crippen LogP contribution in [0.4, 0.5) is 10.1 Å². The first-order valence-electron chi connectivity index (χ1n) is 7.11. The van der Waals surface area contributed by atoms with Crippen molar-refractivity contribution in [3.63, 3.8) is 0 Å². The van der Waals surface area contributed by atoms with Crippen LogP contribution in [0.15, 0.2) is 18.2 Å². The molecule has 1 fully saturated rings. The average molecular weight is 279 g/mol. The first kappa shape index (κ1) is 14.8. The molecule has 0 saturated carbocycles. The Hall–Kier alpha value is -1.62. The van der Waals surface area contributed by atoms with Crippen LogP contribution in [0.1, 0.15) is 25.8 Å². The second-order valence-corrected chi connectivity index (χ2v) is 5.20. The van der Waals surface area contributed by atoms with E-state index in [0.29, 0.717) is 18.8 Å². The predicted octanol–water partition coefficient (Wildman–Crippen LogP) is 1.65. The van der Waals surface area contributed by atoms with Gasteiger partial charge >= 0.3 is 0 Å². The second kappa shape index (κ2) is 6.70. The summed E-state index contributed by atoms with van der Waals surface area (Å²) < 4.78 is 14.2. The van der Waals surface area contributed by atoms with Gasteiger partial charge < -0.3 is 15.5 Å². The summed E-state index contributed by atoms with van der Waals surface area (Å²) in [6.45, 7) is 6.53. The summed E-state index contributed by atoms with van der Waals surface area (Å²) in [7, 11) is 0. The molecule has 2 rings (SSSR count). The Morgan fingerprint density at radius 3 is 2.95 bits per heavy atom. The van der Waals surface area contributed by atoms with E-state index in [0.717, 1.165) is 25.1 Å². The Morgan fingerprint density at radius 1 is 1.50 bits per heavy atom. The predicted molar refractivity (Wildman–Crippen MR) is 78.2 cm³/mol. The third-order valence-electron chi connectivity index (χ3n) is 3.53. The quantitative estimate of drug-likeness (QED) is 0.861. The molecular weight excluding hydrogens is 257 g/mol. The van der Waals surface area contributed by atoms with Crippen LogP contribution >= 0.6 is 0 Å². The molecule has 110 valence electrons. The van der Waals surface area contributed by atoms with Crippen LogP contribution in [-0.2, 0) is 11.3 Å². The van der Waals surface area contributed by atoms with E-state index in [9.17, 15) is 9.18 Å². The van der Waals surface area contributed by atoms with Crippen LogP contribution in [0.25, 0.3) is 0 Å². The van der Waals surface area contributed by atoms with Crippen molar-refractivity contribution in [1.29, 1.82) is 0 Å². The molecule has 1 unspecified atom stereocenters. The maximum absolute atomic E-state index is 14.2. The lowest BCUT2D eigenvalue weighted by molar-refractivity contribution is -0.119. The highest BCUT2D eigenvalue weighted by Gasteiger charge is 2.24. The highest BCUT2D eigenvalue weighted by molar-refractivity contribution is 5.73. The smallest absolute Gasteiger partial charge is 0.217 e. The van der Waals surface area contributed by atoms with Crippen molar-refractivity contribution in [3.8, 4) is 0 Å². The molecule has 4 nitrogen and oxygen atoms in total. The normalized spacial score (nSPS) is 18.4. The van der Waals surface area contributed by atoms with Crippen molar-refractivity contribution in [3.05, 3.63) is 29.6 Å². The molecule has 0 aromatic heterocycles. The Kier molecular flexibility index (Phi) is 4.95. The molecule has 2 N–H and O–H groups in total. The topological polar surface area (TPSA) is 44.4 Å². The monoisotopic (exact) mass is 279 g/mol. The summed E-state index contributed by atoms with van der Waals surface area (Å²) in [4.78, 5) is 13.0. The zero-order valence-corrected chi connectivity index (χ0v) is 12.1. The van der Waals surface area contributed by atoms with E-state index in [4.69, 9.17) is 0 Å². The molecule has 1 aliphatic heterocycles. The number of rotatable bonds is 5. The van der Waals surface area contributed by atoms with E-state index in [1.807, 2.05) is 24.0 Å². The fourth-order valence-electron chi connectivity index (χ4n) is 2.57. The van der Waals surface area contributed by atoms with Gasteiger partial charge in [0.15, 0.2) is 0 Å². The van der Waals surface area contributed by atoms with Gasteiger partial charge in [-0.1, -0.05) is 13.0 Å². The number of hydrogen-bond acceptors (Lipinski definition) is 3. The minimum absolute atomic E-state index is 0.0293. The molecular formula is C15H22FN3O. The second-order valence-electron chi connectivity index (χ2n) is 5.20. The molecule has 1 atom stereocenters. The van der Waals surface area contributed by atoms with E-state index in [1.165, 1.54) is 6.92 Å². The van der Waals surface area contributed by atoms with Gasteiger partial charge in [-0.05, 0) is 30.7 Å². The van der Waals surface area contributed by atoms with Crippen molar-refractivity contribution in [2.75, 3.05) is 24.5 Å². The molecule has 1 aromatic rings. The van der Waals surface area contributed by atoms with Gasteiger partial charge in [0.05, 0.1) is 5.69 Å². The highest BCUT2D eigenvalue weighted by Crippen LogP contribution is 2.24. The maximum atomic E-state index is 14.2. The Morgan fingerprint density at radius 2 is 2.30 bits per heavy atom. The third kappa shape index (κ3) is 3.70. The SMILES string of the molecule is CCNCc1ccc(N2CCC(NC(C)=O)C2)c(F)c1. The number of anilines is 1. The first-order valence-corrected chi connectivity index (χ1v) is 7.11. The number of amides is 1. The van der Waals surface area contributed by atoms with Gasteiger partial charge in [0.25, 0.3) is 0 Å². The lowest BCUT2D eigenvalue weighted by atomic mass is 10.2. The van der Waals surface area contributed by atoms with Crippen LogP contribution in [0.5, 0.6) is 0 Å². The summed E-state index contributed by atoms with van der Waals surface area (Å²) in [6, 6.07) is 5.49. The molecule has 0 aliphatic carbocycles. The fraction of sp³-hybridized carbons (Fsp3) is 0.533. The van der Waals surface area contributed by atoms with Crippen molar-refractivity contribution in [2.45, 2.75) is 32.9 Å². The summed E-state index contributed by atoms with van der Waals surface area (Å²) in [5.74, 6) is -0.220. The first-order chi connectivity index (χ1) is 9.60. The lowest BCUT2D eigenvalue weighted by Gasteiger charge is -2.20. The summed E-state index contributed by atoms with van der Waals surface area (Å²) >= 11 is 0. The van der Waals surface area contributed by atoms with Gasteiger partial charge in [-0.2, -0.15) is 0 Å². The van der Waals surface area contributed by atoms with Crippen molar-refractivity contribution in [1.82, 2.24) is 10.6 Å². The molecule has 5 heteroatoms. The van der Waals surface area contributed by atoms with Crippen LogP contribution < -0.4 is 15.5 Å². The molecule has 1 saturated heterocycles. The highest BCUT2D eigenvalue weighted by atomic mass is 19.1. The zero-order chi connectivity index (χ0) is 14.5. The molecule has 0 bridgehead atoms. The molecule has 1 aliphatic rings. The standard InChI is InChI=1S/C15H22FN3O/c1-3-17-9-12-4-5-15(14(16)8-12)19-7-6-13(10-19)18-11(2)20/h4-5,8,13,17H,3,6-7,9-10H2,1-2H3,(H,18,20). The largest absolute Gasteiger partial charge is 0.367 e. The Labute approximate surface area is 119 Å². The van der Waals surface area contributed by atoms with E-state index >= 15 is 0 Å². The Bertz CT molecular complexity index is 478. The fourth-order valence-corrected chi connectivity index (χ4v) is 2.57. The van der Waals surface area contributed by atoms with Crippen LogP contribution in [0, 0.1) is 5.82 Å². The van der Waals surface area contributed by atoms with E-state index in [1.54, 1.807) is 6.07 Å². The van der Waals surface area contributed by atoms with Crippen molar-refractivity contribution < 1.29 is 9.18 Å². The Balaban J connectivity index is 2.01. The molecule has 0 radical (unpaired) electrons. The molecule has 1 aromatic carbocycles. The van der Waals surface area contributed by atoms with Gasteiger partial charge in [-0.15, -0.1) is 0 Å². The van der Waals surface area contributed by atoms with Crippen LogP contribution in [-0.4, -0.2) is 31.6 Å². The van der Waals surface area contributed by atoms with Gasteiger partial charge in [-0.25, -0.2) is 4.39 Å². The molecule has 1 heterocycles. The molecule has 0 spiro atoms. The van der Waals surface area contributed by atoms with Crippen molar-refractivity contribution >= 4 is 11.6 Å². The van der Waals surface area contributed by atoms with Crippen molar-refractivity contribution in [2.24, 2.45) is 0 Å². The van der Waals surface area contributed by atoms with Gasteiger partial charge in [-0.3, -0.25) is 4.79 Å².